The molecule has 1 aromatic carbocycles. The first kappa shape index (κ1) is 18.7. The summed E-state index contributed by atoms with van der Waals surface area (Å²) < 4.78 is 5.06. The van der Waals surface area contributed by atoms with Gasteiger partial charge in [-0.25, -0.2) is 14.8 Å². The number of nitrogens with zero attached hydrogens (tertiary/aromatic N) is 2. The van der Waals surface area contributed by atoms with Gasteiger partial charge in [0.15, 0.2) is 5.16 Å². The van der Waals surface area contributed by atoms with E-state index in [4.69, 9.17) is 4.74 Å². The summed E-state index contributed by atoms with van der Waals surface area (Å²) in [6.07, 6.45) is 0.582. The molecule has 3 aromatic heterocycles. The van der Waals surface area contributed by atoms with Crippen LogP contribution in [0.4, 0.5) is 0 Å². The van der Waals surface area contributed by atoms with E-state index < -0.39 is 5.97 Å². The lowest BCUT2D eigenvalue weighted by Crippen LogP contribution is -2.12. The van der Waals surface area contributed by atoms with E-state index in [-0.39, 0.29) is 5.56 Å². The standard InChI is InChI=1S/C19H18N4O3S2/c1-3-26-18(25)15-10(2)14-16(24)22-13(23-17(14)28-15)8-9-27-19-20-11-6-4-5-7-12(11)21-19/h4-7H,3,8-9H2,1-2H3,(H,20,21)(H,22,23,24). The van der Waals surface area contributed by atoms with E-state index >= 15 is 0 Å². The van der Waals surface area contributed by atoms with Crippen LogP contribution in [0.1, 0.15) is 28.0 Å². The van der Waals surface area contributed by atoms with Gasteiger partial charge >= 0.3 is 5.97 Å². The van der Waals surface area contributed by atoms with Crippen molar-refractivity contribution in [2.45, 2.75) is 25.4 Å². The lowest BCUT2D eigenvalue weighted by atomic mass is 10.2. The molecule has 0 spiro atoms. The number of aromatic nitrogens is 4. The molecule has 144 valence electrons. The molecule has 0 radical (unpaired) electrons. The van der Waals surface area contributed by atoms with Gasteiger partial charge < -0.3 is 14.7 Å². The average Bonchev–Trinajstić information content (AvgIpc) is 3.23. The van der Waals surface area contributed by atoms with Crippen molar-refractivity contribution in [3.8, 4) is 0 Å². The number of carbonyl (C=O) groups is 1. The highest BCUT2D eigenvalue weighted by atomic mass is 32.2. The maximum Gasteiger partial charge on any atom is 0.348 e. The van der Waals surface area contributed by atoms with Gasteiger partial charge in [-0.1, -0.05) is 23.9 Å². The number of nitrogens with one attached hydrogen (secondary N) is 2. The third kappa shape index (κ3) is 3.55. The van der Waals surface area contributed by atoms with Crippen LogP contribution in [-0.4, -0.2) is 38.3 Å². The van der Waals surface area contributed by atoms with Crippen molar-refractivity contribution < 1.29 is 9.53 Å². The number of fused-ring (bicyclic) bond motifs is 2. The molecule has 0 aliphatic heterocycles. The number of para-hydroxylation sites is 2. The monoisotopic (exact) mass is 414 g/mol. The van der Waals surface area contributed by atoms with Crippen molar-refractivity contribution in [2.24, 2.45) is 0 Å². The van der Waals surface area contributed by atoms with Gasteiger partial charge in [-0.2, -0.15) is 0 Å². The minimum atomic E-state index is -0.413. The first-order valence-corrected chi connectivity index (χ1v) is 10.6. The Kier molecular flexibility index (Phi) is 5.19. The van der Waals surface area contributed by atoms with Gasteiger partial charge in [0, 0.05) is 12.2 Å². The normalized spacial score (nSPS) is 11.4. The summed E-state index contributed by atoms with van der Waals surface area (Å²) in [5.74, 6) is 0.894. The van der Waals surface area contributed by atoms with E-state index in [0.29, 0.717) is 45.3 Å². The van der Waals surface area contributed by atoms with Crippen LogP contribution >= 0.6 is 23.1 Å². The fourth-order valence-corrected chi connectivity index (χ4v) is 4.87. The zero-order valence-corrected chi connectivity index (χ0v) is 17.0. The summed E-state index contributed by atoms with van der Waals surface area (Å²) >= 11 is 2.77. The largest absolute Gasteiger partial charge is 0.462 e. The summed E-state index contributed by atoms with van der Waals surface area (Å²) in [5, 5.41) is 1.29. The number of hydrogen-bond acceptors (Lipinski definition) is 7. The molecule has 4 rings (SSSR count). The van der Waals surface area contributed by atoms with Crippen molar-refractivity contribution in [3.63, 3.8) is 0 Å². The quantitative estimate of drug-likeness (QED) is 0.369. The number of H-pyrrole nitrogens is 2. The molecule has 0 aliphatic rings. The van der Waals surface area contributed by atoms with E-state index in [1.807, 2.05) is 24.3 Å². The number of benzene rings is 1. The molecule has 0 amide bonds. The summed E-state index contributed by atoms with van der Waals surface area (Å²) in [4.78, 5) is 40.7. The molecule has 4 aromatic rings. The molecule has 9 heteroatoms. The topological polar surface area (TPSA) is 101 Å². The second-order valence-electron chi connectivity index (χ2n) is 6.13. The number of carbonyl (C=O) groups excluding carboxylic acids is 1. The fraction of sp³-hybridized carbons (Fsp3) is 0.263. The molecule has 28 heavy (non-hydrogen) atoms. The smallest absolute Gasteiger partial charge is 0.348 e. The Balaban J connectivity index is 1.52. The molecule has 3 heterocycles. The van der Waals surface area contributed by atoms with Crippen LogP contribution in [0.3, 0.4) is 0 Å². The number of rotatable bonds is 6. The predicted molar refractivity (Wildman–Crippen MR) is 111 cm³/mol. The van der Waals surface area contributed by atoms with Crippen molar-refractivity contribution in [2.75, 3.05) is 12.4 Å². The van der Waals surface area contributed by atoms with Crippen molar-refractivity contribution in [1.29, 1.82) is 0 Å². The average molecular weight is 415 g/mol. The molecular weight excluding hydrogens is 396 g/mol. The van der Waals surface area contributed by atoms with E-state index in [1.54, 1.807) is 25.6 Å². The Bertz CT molecular complexity index is 1190. The highest BCUT2D eigenvalue weighted by Gasteiger charge is 2.20. The molecule has 2 N–H and O–H groups in total. The summed E-state index contributed by atoms with van der Waals surface area (Å²) in [6.45, 7) is 3.79. The minimum absolute atomic E-state index is 0.224. The molecule has 0 bridgehead atoms. The minimum Gasteiger partial charge on any atom is -0.462 e. The molecule has 0 fully saturated rings. The second-order valence-corrected chi connectivity index (χ2v) is 8.21. The second kappa shape index (κ2) is 7.76. The van der Waals surface area contributed by atoms with Crippen LogP contribution in [-0.2, 0) is 11.2 Å². The van der Waals surface area contributed by atoms with Crippen molar-refractivity contribution in [3.05, 3.63) is 50.9 Å². The van der Waals surface area contributed by atoms with Gasteiger partial charge in [0.25, 0.3) is 5.56 Å². The van der Waals surface area contributed by atoms with Gasteiger partial charge in [0.1, 0.15) is 15.5 Å². The number of ether oxygens (including phenoxy) is 1. The molecule has 0 saturated heterocycles. The zero-order chi connectivity index (χ0) is 19.7. The van der Waals surface area contributed by atoms with Gasteiger partial charge in [-0.3, -0.25) is 4.79 Å². The Morgan fingerprint density at radius 2 is 2.07 bits per heavy atom. The van der Waals surface area contributed by atoms with Gasteiger partial charge in [-0.05, 0) is 31.5 Å². The number of thioether (sulfide) groups is 1. The molecular formula is C19H18N4O3S2. The van der Waals surface area contributed by atoms with E-state index in [2.05, 4.69) is 19.9 Å². The molecule has 0 atom stereocenters. The highest BCUT2D eigenvalue weighted by molar-refractivity contribution is 7.99. The SMILES string of the molecule is CCOC(=O)c1sc2nc(CCSc3nc4ccccc4[nH]3)[nH]c(=O)c2c1C. The number of aryl methyl sites for hydroxylation is 2. The Morgan fingerprint density at radius 3 is 2.86 bits per heavy atom. The molecule has 7 nitrogen and oxygen atoms in total. The number of thiophene rings is 1. The lowest BCUT2D eigenvalue weighted by molar-refractivity contribution is 0.0531. The highest BCUT2D eigenvalue weighted by Crippen LogP contribution is 2.28. The van der Waals surface area contributed by atoms with Crippen molar-refractivity contribution >= 4 is 50.3 Å². The zero-order valence-electron chi connectivity index (χ0n) is 15.4. The first-order chi connectivity index (χ1) is 13.6. The lowest BCUT2D eigenvalue weighted by Gasteiger charge is -2.00. The maximum atomic E-state index is 12.5. The first-order valence-electron chi connectivity index (χ1n) is 8.83. The Hall–Kier alpha value is -2.65. The van der Waals surface area contributed by atoms with Crippen LogP contribution in [0.15, 0.2) is 34.2 Å². The Morgan fingerprint density at radius 1 is 1.25 bits per heavy atom. The van der Waals surface area contributed by atoms with Crippen LogP contribution in [0.5, 0.6) is 0 Å². The predicted octanol–water partition coefficient (Wildman–Crippen LogP) is 3.68. The third-order valence-corrected chi connectivity index (χ3v) is 6.30. The van der Waals surface area contributed by atoms with E-state index in [0.717, 1.165) is 16.2 Å². The van der Waals surface area contributed by atoms with Gasteiger partial charge in [0.2, 0.25) is 0 Å². The van der Waals surface area contributed by atoms with Crippen LogP contribution in [0.2, 0.25) is 0 Å². The van der Waals surface area contributed by atoms with Gasteiger partial charge in [-0.15, -0.1) is 11.3 Å². The number of esters is 1. The summed E-state index contributed by atoms with van der Waals surface area (Å²) in [6, 6.07) is 7.87. The molecule has 0 aliphatic carbocycles. The number of aromatic amines is 2. The van der Waals surface area contributed by atoms with Crippen LogP contribution in [0.25, 0.3) is 21.3 Å². The molecule has 0 unspecified atom stereocenters. The Labute approximate surface area is 168 Å². The summed E-state index contributed by atoms with van der Waals surface area (Å²) in [7, 11) is 0. The maximum absolute atomic E-state index is 12.5. The number of hydrogen-bond donors (Lipinski definition) is 2. The van der Waals surface area contributed by atoms with E-state index in [1.165, 1.54) is 11.3 Å². The molecule has 0 saturated carbocycles. The van der Waals surface area contributed by atoms with Gasteiger partial charge in [0.05, 0.1) is 23.0 Å². The van der Waals surface area contributed by atoms with E-state index in [9.17, 15) is 9.59 Å². The third-order valence-electron chi connectivity index (χ3n) is 4.26. The summed E-state index contributed by atoms with van der Waals surface area (Å²) in [5.41, 5.74) is 2.32. The fourth-order valence-electron chi connectivity index (χ4n) is 2.94. The van der Waals surface area contributed by atoms with Crippen LogP contribution in [0, 0.1) is 6.92 Å². The van der Waals surface area contributed by atoms with Crippen LogP contribution < -0.4 is 5.56 Å². The van der Waals surface area contributed by atoms with Crippen molar-refractivity contribution in [1.82, 2.24) is 19.9 Å². The number of imidazole rings is 1.